The first-order chi connectivity index (χ1) is 7.99. The summed E-state index contributed by atoms with van der Waals surface area (Å²) in [6.07, 6.45) is 1.91. The van der Waals surface area contributed by atoms with Gasteiger partial charge in [-0.2, -0.15) is 5.10 Å². The van der Waals surface area contributed by atoms with Crippen LogP contribution in [0, 0.1) is 5.92 Å². The quantitative estimate of drug-likeness (QED) is 0.870. The van der Waals surface area contributed by atoms with E-state index in [1.54, 1.807) is 0 Å². The van der Waals surface area contributed by atoms with E-state index < -0.39 is 0 Å². The summed E-state index contributed by atoms with van der Waals surface area (Å²) >= 11 is 3.62. The predicted molar refractivity (Wildman–Crippen MR) is 76.4 cm³/mol. The Bertz CT molecular complexity index is 346. The zero-order valence-electron chi connectivity index (χ0n) is 11.5. The lowest BCUT2D eigenvalue weighted by Crippen LogP contribution is -2.25. The van der Waals surface area contributed by atoms with Gasteiger partial charge in [0.2, 0.25) is 0 Å². The molecule has 0 saturated heterocycles. The smallest absolute Gasteiger partial charge is 0.0635 e. The molecule has 2 unspecified atom stereocenters. The van der Waals surface area contributed by atoms with Gasteiger partial charge in [-0.05, 0) is 48.8 Å². The van der Waals surface area contributed by atoms with Gasteiger partial charge in [0.15, 0.2) is 0 Å². The summed E-state index contributed by atoms with van der Waals surface area (Å²) < 4.78 is 3.25. The van der Waals surface area contributed by atoms with E-state index in [1.165, 1.54) is 5.69 Å². The van der Waals surface area contributed by atoms with Crippen molar-refractivity contribution in [1.82, 2.24) is 15.1 Å². The first-order valence-corrected chi connectivity index (χ1v) is 7.21. The first-order valence-electron chi connectivity index (χ1n) is 6.42. The number of nitrogens with one attached hydrogen (secondary N) is 1. The van der Waals surface area contributed by atoms with Crippen LogP contribution in [0.4, 0.5) is 0 Å². The van der Waals surface area contributed by atoms with Crippen LogP contribution in [0.3, 0.4) is 0 Å². The van der Waals surface area contributed by atoms with Crippen molar-refractivity contribution >= 4 is 15.9 Å². The largest absolute Gasteiger partial charge is 0.317 e. The van der Waals surface area contributed by atoms with Crippen molar-refractivity contribution in [2.75, 3.05) is 13.1 Å². The van der Waals surface area contributed by atoms with Gasteiger partial charge < -0.3 is 5.32 Å². The van der Waals surface area contributed by atoms with Gasteiger partial charge in [0.25, 0.3) is 0 Å². The lowest BCUT2D eigenvalue weighted by Gasteiger charge is -2.23. The highest BCUT2D eigenvalue weighted by Crippen LogP contribution is 2.31. The van der Waals surface area contributed by atoms with Gasteiger partial charge in [0, 0.05) is 12.0 Å². The second-order valence-corrected chi connectivity index (χ2v) is 5.84. The lowest BCUT2D eigenvalue weighted by atomic mass is 9.92. The maximum atomic E-state index is 4.45. The number of hydrogen-bond acceptors (Lipinski definition) is 2. The highest BCUT2D eigenvalue weighted by atomic mass is 79.9. The molecular formula is C13H24BrN3. The topological polar surface area (TPSA) is 29.9 Å². The molecule has 1 rings (SSSR count). The van der Waals surface area contributed by atoms with Gasteiger partial charge in [-0.1, -0.05) is 20.8 Å². The van der Waals surface area contributed by atoms with Gasteiger partial charge in [-0.3, -0.25) is 4.68 Å². The molecule has 0 fully saturated rings. The van der Waals surface area contributed by atoms with E-state index in [4.69, 9.17) is 0 Å². The van der Waals surface area contributed by atoms with Gasteiger partial charge in [0.05, 0.1) is 16.4 Å². The summed E-state index contributed by atoms with van der Waals surface area (Å²) in [5.74, 6) is 1.09. The second-order valence-electron chi connectivity index (χ2n) is 4.99. The maximum absolute atomic E-state index is 4.45. The van der Waals surface area contributed by atoms with Crippen LogP contribution in [0.2, 0.25) is 0 Å². The molecule has 0 radical (unpaired) electrons. The number of rotatable bonds is 6. The molecule has 1 aromatic rings. The molecule has 1 heterocycles. The highest BCUT2D eigenvalue weighted by molar-refractivity contribution is 9.10. The van der Waals surface area contributed by atoms with Gasteiger partial charge >= 0.3 is 0 Å². The molecule has 17 heavy (non-hydrogen) atoms. The molecule has 0 spiro atoms. The minimum absolute atomic E-state index is 0.407. The van der Waals surface area contributed by atoms with Crippen molar-refractivity contribution in [3.8, 4) is 0 Å². The van der Waals surface area contributed by atoms with E-state index in [0.29, 0.717) is 17.9 Å². The summed E-state index contributed by atoms with van der Waals surface area (Å²) in [7, 11) is 0. The molecule has 0 aliphatic carbocycles. The molecule has 0 saturated carbocycles. The van der Waals surface area contributed by atoms with Crippen LogP contribution in [0.25, 0.3) is 0 Å². The summed E-state index contributed by atoms with van der Waals surface area (Å²) in [6.45, 7) is 13.1. The van der Waals surface area contributed by atoms with Crippen LogP contribution in [-0.2, 0) is 0 Å². The molecule has 3 nitrogen and oxygen atoms in total. The van der Waals surface area contributed by atoms with Crippen LogP contribution >= 0.6 is 15.9 Å². The van der Waals surface area contributed by atoms with E-state index in [1.807, 2.05) is 6.20 Å². The molecule has 0 aliphatic heterocycles. The average Bonchev–Trinajstić information content (AvgIpc) is 2.67. The zero-order chi connectivity index (χ0) is 13.0. The van der Waals surface area contributed by atoms with E-state index in [0.717, 1.165) is 17.6 Å². The minimum atomic E-state index is 0.407. The molecule has 0 aromatic carbocycles. The van der Waals surface area contributed by atoms with E-state index in [-0.39, 0.29) is 0 Å². The van der Waals surface area contributed by atoms with E-state index >= 15 is 0 Å². The Morgan fingerprint density at radius 1 is 1.35 bits per heavy atom. The normalized spacial score (nSPS) is 15.2. The van der Waals surface area contributed by atoms with E-state index in [2.05, 4.69) is 65.6 Å². The molecule has 4 heteroatoms. The first kappa shape index (κ1) is 14.7. The fourth-order valence-electron chi connectivity index (χ4n) is 2.01. The molecule has 1 N–H and O–H groups in total. The van der Waals surface area contributed by atoms with Crippen molar-refractivity contribution in [1.29, 1.82) is 0 Å². The lowest BCUT2D eigenvalue weighted by molar-refractivity contribution is 0.408. The van der Waals surface area contributed by atoms with Crippen LogP contribution in [-0.4, -0.2) is 22.9 Å². The summed E-state index contributed by atoms with van der Waals surface area (Å²) in [5, 5.41) is 7.86. The molecule has 0 amide bonds. The number of hydrogen-bond donors (Lipinski definition) is 1. The van der Waals surface area contributed by atoms with E-state index in [9.17, 15) is 0 Å². The fraction of sp³-hybridized carbons (Fsp3) is 0.769. The standard InChI is InChI=1S/C13H24BrN3/c1-6-15-7-10(4)11(5)13-12(14)8-16-17(13)9(2)3/h8-11,15H,6-7H2,1-5H3. The summed E-state index contributed by atoms with van der Waals surface area (Å²) in [6, 6.07) is 0.407. The Morgan fingerprint density at radius 3 is 2.53 bits per heavy atom. The summed E-state index contributed by atoms with van der Waals surface area (Å²) in [5.41, 5.74) is 1.31. The third-order valence-corrected chi connectivity index (χ3v) is 3.89. The second kappa shape index (κ2) is 6.55. The van der Waals surface area contributed by atoms with Crippen molar-refractivity contribution in [2.24, 2.45) is 5.92 Å². The molecule has 0 bridgehead atoms. The van der Waals surface area contributed by atoms with Crippen molar-refractivity contribution in [2.45, 2.75) is 46.6 Å². The van der Waals surface area contributed by atoms with Crippen LogP contribution in [0.1, 0.15) is 52.3 Å². The van der Waals surface area contributed by atoms with Gasteiger partial charge in [0.1, 0.15) is 0 Å². The van der Waals surface area contributed by atoms with Crippen molar-refractivity contribution in [3.05, 3.63) is 16.4 Å². The maximum Gasteiger partial charge on any atom is 0.0635 e. The van der Waals surface area contributed by atoms with Gasteiger partial charge in [-0.25, -0.2) is 0 Å². The predicted octanol–water partition coefficient (Wildman–Crippen LogP) is 3.58. The Hall–Kier alpha value is -0.350. The molecule has 2 atom stereocenters. The average molecular weight is 302 g/mol. The van der Waals surface area contributed by atoms with Crippen LogP contribution in [0.15, 0.2) is 10.7 Å². The van der Waals surface area contributed by atoms with Crippen molar-refractivity contribution in [3.63, 3.8) is 0 Å². The number of aromatic nitrogens is 2. The Balaban J connectivity index is 2.86. The molecular weight excluding hydrogens is 278 g/mol. The van der Waals surface area contributed by atoms with Crippen LogP contribution < -0.4 is 5.32 Å². The third-order valence-electron chi connectivity index (χ3n) is 3.28. The van der Waals surface area contributed by atoms with Crippen LogP contribution in [0.5, 0.6) is 0 Å². The SMILES string of the molecule is CCNCC(C)C(C)c1c(Br)cnn1C(C)C. The number of nitrogens with zero attached hydrogens (tertiary/aromatic N) is 2. The Labute approximate surface area is 113 Å². The molecule has 0 aliphatic rings. The zero-order valence-corrected chi connectivity index (χ0v) is 13.1. The molecule has 1 aromatic heterocycles. The third kappa shape index (κ3) is 3.55. The highest BCUT2D eigenvalue weighted by Gasteiger charge is 2.22. The number of halogens is 1. The van der Waals surface area contributed by atoms with Crippen molar-refractivity contribution < 1.29 is 0 Å². The minimum Gasteiger partial charge on any atom is -0.317 e. The monoisotopic (exact) mass is 301 g/mol. The fourth-order valence-corrected chi connectivity index (χ4v) is 2.64. The molecule has 98 valence electrons. The van der Waals surface area contributed by atoms with Gasteiger partial charge in [-0.15, -0.1) is 0 Å². The Kier molecular flexibility index (Phi) is 5.67. The Morgan fingerprint density at radius 2 is 2.00 bits per heavy atom. The summed E-state index contributed by atoms with van der Waals surface area (Å²) in [4.78, 5) is 0.